The molecule has 0 saturated carbocycles. The summed E-state index contributed by atoms with van der Waals surface area (Å²) in [6.07, 6.45) is 2.80. The molecule has 29 heavy (non-hydrogen) atoms. The quantitative estimate of drug-likeness (QED) is 0.714. The Morgan fingerprint density at radius 2 is 1.59 bits per heavy atom. The zero-order valence-electron chi connectivity index (χ0n) is 15.8. The minimum atomic E-state index is -3.50. The summed E-state index contributed by atoms with van der Waals surface area (Å²) in [5, 5.41) is 2.72. The maximum absolute atomic E-state index is 12.7. The Hall–Kier alpha value is -2.91. The van der Waals surface area contributed by atoms with Crippen LogP contribution in [0.2, 0.25) is 0 Å². The number of sulfonamides is 1. The number of carbonyl (C=O) groups excluding carboxylic acids is 2. The molecule has 0 aliphatic carbocycles. The monoisotopic (exact) mass is 417 g/mol. The molecule has 2 aromatic rings. The van der Waals surface area contributed by atoms with Gasteiger partial charge in [0.25, 0.3) is 11.8 Å². The fourth-order valence-electron chi connectivity index (χ4n) is 3.02. The van der Waals surface area contributed by atoms with Gasteiger partial charge in [-0.1, -0.05) is 6.42 Å². The number of nitrogens with one attached hydrogen (secondary N) is 1. The molecule has 154 valence electrons. The van der Waals surface area contributed by atoms with Gasteiger partial charge in [0.05, 0.1) is 4.90 Å². The van der Waals surface area contributed by atoms with Gasteiger partial charge in [0.15, 0.2) is 6.61 Å². The molecular formula is C20H23N3O5S. The van der Waals surface area contributed by atoms with Crippen LogP contribution in [0.4, 0.5) is 5.69 Å². The number of amides is 2. The van der Waals surface area contributed by atoms with Gasteiger partial charge in [0.2, 0.25) is 10.0 Å². The van der Waals surface area contributed by atoms with Crippen LogP contribution in [0.25, 0.3) is 0 Å². The Kier molecular flexibility index (Phi) is 6.50. The minimum Gasteiger partial charge on any atom is -0.484 e. The van der Waals surface area contributed by atoms with E-state index in [0.717, 1.165) is 19.3 Å². The number of primary amides is 1. The number of benzene rings is 2. The average molecular weight is 417 g/mol. The highest BCUT2D eigenvalue weighted by molar-refractivity contribution is 7.89. The van der Waals surface area contributed by atoms with E-state index in [2.05, 4.69) is 5.32 Å². The first-order valence-electron chi connectivity index (χ1n) is 9.29. The fourth-order valence-corrected chi connectivity index (χ4v) is 4.54. The Morgan fingerprint density at radius 3 is 2.17 bits per heavy atom. The summed E-state index contributed by atoms with van der Waals surface area (Å²) in [7, 11) is -3.50. The van der Waals surface area contributed by atoms with E-state index in [1.807, 2.05) is 0 Å². The Bertz CT molecular complexity index is 966. The number of rotatable bonds is 7. The SMILES string of the molecule is NC(=O)COc1ccc(C(=O)Nc2ccc(S(=O)(=O)N3CCCCC3)cc2)cc1. The molecular weight excluding hydrogens is 394 g/mol. The number of anilines is 1. The predicted octanol–water partition coefficient (Wildman–Crippen LogP) is 1.98. The summed E-state index contributed by atoms with van der Waals surface area (Å²) >= 11 is 0. The summed E-state index contributed by atoms with van der Waals surface area (Å²) in [5.41, 5.74) is 5.89. The molecule has 3 N–H and O–H groups in total. The first-order valence-corrected chi connectivity index (χ1v) is 10.7. The molecule has 2 aromatic carbocycles. The molecule has 0 unspecified atom stereocenters. The van der Waals surface area contributed by atoms with Crippen molar-refractivity contribution in [2.75, 3.05) is 25.0 Å². The molecule has 1 heterocycles. The fraction of sp³-hybridized carbons (Fsp3) is 0.300. The van der Waals surface area contributed by atoms with E-state index >= 15 is 0 Å². The summed E-state index contributed by atoms with van der Waals surface area (Å²) < 4.78 is 32.0. The largest absolute Gasteiger partial charge is 0.484 e. The minimum absolute atomic E-state index is 0.216. The van der Waals surface area contributed by atoms with Gasteiger partial charge in [0, 0.05) is 24.3 Å². The number of hydrogen-bond acceptors (Lipinski definition) is 5. The maximum Gasteiger partial charge on any atom is 0.255 e. The van der Waals surface area contributed by atoms with Crippen molar-refractivity contribution in [3.8, 4) is 5.75 Å². The van der Waals surface area contributed by atoms with Gasteiger partial charge in [-0.05, 0) is 61.4 Å². The second-order valence-corrected chi connectivity index (χ2v) is 8.66. The van der Waals surface area contributed by atoms with Gasteiger partial charge < -0.3 is 15.8 Å². The molecule has 1 aliphatic rings. The zero-order valence-corrected chi connectivity index (χ0v) is 16.7. The number of carbonyl (C=O) groups is 2. The highest BCUT2D eigenvalue weighted by Gasteiger charge is 2.25. The van der Waals surface area contributed by atoms with Crippen molar-refractivity contribution in [3.05, 3.63) is 54.1 Å². The van der Waals surface area contributed by atoms with E-state index in [1.165, 1.54) is 16.4 Å². The maximum atomic E-state index is 12.7. The molecule has 1 fully saturated rings. The summed E-state index contributed by atoms with van der Waals surface area (Å²) in [6, 6.07) is 12.4. The van der Waals surface area contributed by atoms with E-state index < -0.39 is 15.9 Å². The lowest BCUT2D eigenvalue weighted by Crippen LogP contribution is -2.35. The third kappa shape index (κ3) is 5.33. The van der Waals surface area contributed by atoms with Crippen molar-refractivity contribution < 1.29 is 22.7 Å². The third-order valence-electron chi connectivity index (χ3n) is 4.56. The number of hydrogen-bond donors (Lipinski definition) is 2. The van der Waals surface area contributed by atoms with E-state index in [4.69, 9.17) is 10.5 Å². The Morgan fingerprint density at radius 1 is 0.966 bits per heavy atom. The van der Waals surface area contributed by atoms with E-state index in [1.54, 1.807) is 36.4 Å². The van der Waals surface area contributed by atoms with Gasteiger partial charge in [-0.25, -0.2) is 8.42 Å². The van der Waals surface area contributed by atoms with Gasteiger partial charge in [0.1, 0.15) is 5.75 Å². The van der Waals surface area contributed by atoms with Gasteiger partial charge in [-0.2, -0.15) is 4.31 Å². The van der Waals surface area contributed by atoms with E-state index in [-0.39, 0.29) is 17.4 Å². The second-order valence-electron chi connectivity index (χ2n) is 6.72. The van der Waals surface area contributed by atoms with Crippen LogP contribution in [0.3, 0.4) is 0 Å². The van der Waals surface area contributed by atoms with Crippen LogP contribution in [-0.4, -0.2) is 44.2 Å². The zero-order chi connectivity index (χ0) is 20.9. The highest BCUT2D eigenvalue weighted by Crippen LogP contribution is 2.22. The topological polar surface area (TPSA) is 119 Å². The number of nitrogens with two attached hydrogens (primary N) is 1. The van der Waals surface area contributed by atoms with E-state index in [0.29, 0.717) is 30.1 Å². The Balaban J connectivity index is 1.63. The molecule has 0 atom stereocenters. The number of nitrogens with zero attached hydrogens (tertiary/aromatic N) is 1. The van der Waals surface area contributed by atoms with Crippen molar-refractivity contribution in [1.29, 1.82) is 0 Å². The van der Waals surface area contributed by atoms with Crippen LogP contribution in [0, 0.1) is 0 Å². The molecule has 8 nitrogen and oxygen atoms in total. The van der Waals surface area contributed by atoms with Gasteiger partial charge >= 0.3 is 0 Å². The molecule has 3 rings (SSSR count). The van der Waals surface area contributed by atoms with Crippen LogP contribution >= 0.6 is 0 Å². The molecule has 9 heteroatoms. The van der Waals surface area contributed by atoms with Crippen molar-refractivity contribution >= 4 is 27.5 Å². The van der Waals surface area contributed by atoms with Crippen LogP contribution in [0.5, 0.6) is 5.75 Å². The average Bonchev–Trinajstić information content (AvgIpc) is 2.73. The summed E-state index contributed by atoms with van der Waals surface area (Å²) in [4.78, 5) is 23.3. The summed E-state index contributed by atoms with van der Waals surface area (Å²) in [6.45, 7) is 0.845. The van der Waals surface area contributed by atoms with Crippen LogP contribution in [-0.2, 0) is 14.8 Å². The summed E-state index contributed by atoms with van der Waals surface area (Å²) in [5.74, 6) is -0.511. The smallest absolute Gasteiger partial charge is 0.255 e. The molecule has 1 saturated heterocycles. The van der Waals surface area contributed by atoms with Crippen molar-refractivity contribution in [2.24, 2.45) is 5.73 Å². The molecule has 0 aromatic heterocycles. The first-order chi connectivity index (χ1) is 13.9. The number of piperidine rings is 1. The van der Waals surface area contributed by atoms with Gasteiger partial charge in [-0.15, -0.1) is 0 Å². The van der Waals surface area contributed by atoms with Gasteiger partial charge in [-0.3, -0.25) is 9.59 Å². The molecule has 0 radical (unpaired) electrons. The van der Waals surface area contributed by atoms with E-state index in [9.17, 15) is 18.0 Å². The van der Waals surface area contributed by atoms with Crippen molar-refractivity contribution in [1.82, 2.24) is 4.31 Å². The highest BCUT2D eigenvalue weighted by atomic mass is 32.2. The molecule has 1 aliphatic heterocycles. The van der Waals surface area contributed by atoms with Crippen LogP contribution in [0.1, 0.15) is 29.6 Å². The van der Waals surface area contributed by atoms with Crippen LogP contribution < -0.4 is 15.8 Å². The standard InChI is InChI=1S/C20H23N3O5S/c21-19(24)14-28-17-8-4-15(5-9-17)20(25)22-16-6-10-18(11-7-16)29(26,27)23-12-2-1-3-13-23/h4-11H,1-3,12-14H2,(H2,21,24)(H,22,25). The Labute approximate surface area is 169 Å². The predicted molar refractivity (Wildman–Crippen MR) is 108 cm³/mol. The van der Waals surface area contributed by atoms with Crippen molar-refractivity contribution in [3.63, 3.8) is 0 Å². The van der Waals surface area contributed by atoms with Crippen LogP contribution in [0.15, 0.2) is 53.4 Å². The molecule has 0 spiro atoms. The normalized spacial score (nSPS) is 14.9. The lowest BCUT2D eigenvalue weighted by molar-refractivity contribution is -0.119. The second kappa shape index (κ2) is 9.06. The molecule has 2 amide bonds. The lowest BCUT2D eigenvalue weighted by Gasteiger charge is -2.25. The third-order valence-corrected chi connectivity index (χ3v) is 6.48. The number of ether oxygens (including phenoxy) is 1. The lowest BCUT2D eigenvalue weighted by atomic mass is 10.2. The van der Waals surface area contributed by atoms with Crippen molar-refractivity contribution in [2.45, 2.75) is 24.2 Å². The first kappa shape index (κ1) is 20.8. The molecule has 0 bridgehead atoms.